The molecule has 6 rings (SSSR count). The van der Waals surface area contributed by atoms with Gasteiger partial charge in [-0.25, -0.2) is 9.59 Å². The van der Waals surface area contributed by atoms with Gasteiger partial charge in [-0.2, -0.15) is 11.8 Å². The van der Waals surface area contributed by atoms with Gasteiger partial charge in [-0.1, -0.05) is 121 Å². The number of nitrogens with one attached hydrogen (secondary N) is 3. The second-order valence-electron chi connectivity index (χ2n) is 14.2. The molecule has 0 spiro atoms. The van der Waals surface area contributed by atoms with E-state index in [1.165, 1.54) is 0 Å². The summed E-state index contributed by atoms with van der Waals surface area (Å²) in [7, 11) is 0. The monoisotopic (exact) mass is 775 g/mol. The van der Waals surface area contributed by atoms with Crippen LogP contribution in [0.2, 0.25) is 0 Å². The predicted octanol–water partition coefficient (Wildman–Crippen LogP) is 6.32. The molecule has 1 aliphatic heterocycles. The highest BCUT2D eigenvalue weighted by atomic mass is 32.2. The molecule has 4 aromatic carbocycles. The first-order valence-electron chi connectivity index (χ1n) is 19.2. The number of aliphatic hydroxyl groups is 1. The third kappa shape index (κ3) is 11.3. The molecule has 1 aliphatic carbocycles. The molecular formula is C45H49N3O7S. The molecule has 0 bridgehead atoms. The van der Waals surface area contributed by atoms with Crippen LogP contribution in [0.15, 0.2) is 121 Å². The van der Waals surface area contributed by atoms with Gasteiger partial charge in [0.2, 0.25) is 11.8 Å². The lowest BCUT2D eigenvalue weighted by Crippen LogP contribution is -2.47. The van der Waals surface area contributed by atoms with E-state index in [0.29, 0.717) is 24.3 Å². The van der Waals surface area contributed by atoms with Crippen molar-refractivity contribution in [3.8, 4) is 11.1 Å². The quantitative estimate of drug-likeness (QED) is 0.0914. The molecule has 0 radical (unpaired) electrons. The molecule has 0 fully saturated rings. The van der Waals surface area contributed by atoms with E-state index in [4.69, 9.17) is 9.47 Å². The Balaban J connectivity index is 1.10. The van der Waals surface area contributed by atoms with Gasteiger partial charge in [-0.05, 0) is 59.1 Å². The van der Waals surface area contributed by atoms with Gasteiger partial charge < -0.3 is 30.5 Å². The van der Waals surface area contributed by atoms with Gasteiger partial charge in [0.25, 0.3) is 0 Å². The molecule has 4 N–H and O–H groups in total. The number of amides is 3. The molecule has 1 heterocycles. The van der Waals surface area contributed by atoms with Gasteiger partial charge in [0.05, 0.1) is 24.6 Å². The number of hydrogen-bond acceptors (Lipinski definition) is 8. The van der Waals surface area contributed by atoms with Crippen molar-refractivity contribution in [2.75, 3.05) is 25.6 Å². The van der Waals surface area contributed by atoms with Crippen molar-refractivity contribution in [2.24, 2.45) is 5.92 Å². The summed E-state index contributed by atoms with van der Waals surface area (Å²) in [5.41, 5.74) is 6.50. The zero-order chi connectivity index (χ0) is 39.1. The first-order chi connectivity index (χ1) is 27.4. The molecule has 0 saturated carbocycles. The number of esters is 1. The number of alkyl carbamates (subject to hydrolysis) is 1. The Hall–Kier alpha value is -5.39. The van der Waals surface area contributed by atoms with E-state index in [1.54, 1.807) is 11.8 Å². The third-order valence-corrected chi connectivity index (χ3v) is 11.2. The van der Waals surface area contributed by atoms with Crippen LogP contribution in [0.1, 0.15) is 53.9 Å². The Labute approximate surface area is 332 Å². The minimum atomic E-state index is -0.981. The lowest BCUT2D eigenvalue weighted by Gasteiger charge is -2.24. The lowest BCUT2D eigenvalue weighted by molar-refractivity contribution is -0.147. The maximum atomic E-state index is 13.8. The Morgan fingerprint density at radius 2 is 1.50 bits per heavy atom. The summed E-state index contributed by atoms with van der Waals surface area (Å²) in [4.78, 5) is 53.8. The van der Waals surface area contributed by atoms with Crippen molar-refractivity contribution in [3.63, 3.8) is 0 Å². The number of thioether (sulfide) groups is 1. The van der Waals surface area contributed by atoms with Gasteiger partial charge in [-0.3, -0.25) is 9.59 Å². The highest BCUT2D eigenvalue weighted by Crippen LogP contribution is 2.44. The number of fused-ring (bicyclic) bond motifs is 3. The summed E-state index contributed by atoms with van der Waals surface area (Å²) in [6.45, 7) is -0.255. The summed E-state index contributed by atoms with van der Waals surface area (Å²) in [5, 5.41) is 18.7. The number of hydrogen-bond donors (Lipinski definition) is 4. The highest BCUT2D eigenvalue weighted by molar-refractivity contribution is 7.98. The van der Waals surface area contributed by atoms with Gasteiger partial charge in [-0.15, -0.1) is 0 Å². The van der Waals surface area contributed by atoms with Crippen LogP contribution < -0.4 is 16.0 Å². The molecule has 56 heavy (non-hydrogen) atoms. The number of allylic oxidation sites excluding steroid dienone is 2. The second kappa shape index (κ2) is 20.5. The summed E-state index contributed by atoms with van der Waals surface area (Å²) < 4.78 is 11.5. The van der Waals surface area contributed by atoms with Crippen LogP contribution in [-0.4, -0.2) is 72.7 Å². The lowest BCUT2D eigenvalue weighted by atomic mass is 9.98. The largest absolute Gasteiger partial charge is 0.462 e. The Morgan fingerprint density at radius 3 is 2.18 bits per heavy atom. The van der Waals surface area contributed by atoms with Crippen LogP contribution in [0, 0.1) is 5.92 Å². The molecule has 0 unspecified atom stereocenters. The van der Waals surface area contributed by atoms with Crippen molar-refractivity contribution >= 4 is 35.6 Å². The zero-order valence-corrected chi connectivity index (χ0v) is 32.1. The summed E-state index contributed by atoms with van der Waals surface area (Å²) in [5.74, 6) is -0.996. The van der Waals surface area contributed by atoms with E-state index < -0.39 is 36.1 Å². The molecule has 2 aliphatic rings. The smallest absolute Gasteiger partial charge is 0.407 e. The predicted molar refractivity (Wildman–Crippen MR) is 218 cm³/mol. The number of cyclic esters (lactones) is 1. The van der Waals surface area contributed by atoms with E-state index >= 15 is 0 Å². The molecule has 0 aromatic heterocycles. The number of carbonyl (C=O) groups excluding carboxylic acids is 4. The summed E-state index contributed by atoms with van der Waals surface area (Å²) >= 11 is 1.59. The Morgan fingerprint density at radius 1 is 0.857 bits per heavy atom. The van der Waals surface area contributed by atoms with Gasteiger partial charge in [0.15, 0.2) is 0 Å². The van der Waals surface area contributed by atoms with Crippen molar-refractivity contribution < 1.29 is 33.8 Å². The van der Waals surface area contributed by atoms with Gasteiger partial charge in [0.1, 0.15) is 19.3 Å². The molecule has 11 heteroatoms. The standard InChI is InChI=1S/C45H49N3O7S/c49-26-34(24-31-14-4-1-5-15-31)46-42(50)25-33-18-8-3-9-23-41(44(52)54-27-35(47-43(33)51)30-56-29-32-16-6-2-7-17-32)48-45(53)55-28-40-38-21-12-10-19-36(38)37-20-11-13-22-39(37)40/h1-8,10-17,19-22,33-35,40-41,49H,9,18,23-30H2,(H,46,50)(H,47,51)(H,48,53)/t33-,34+,35-,41+/m1/s1. The maximum Gasteiger partial charge on any atom is 0.407 e. The minimum Gasteiger partial charge on any atom is -0.462 e. The van der Waals surface area contributed by atoms with Crippen LogP contribution in [0.4, 0.5) is 4.79 Å². The highest BCUT2D eigenvalue weighted by Gasteiger charge is 2.31. The van der Waals surface area contributed by atoms with E-state index in [9.17, 15) is 24.3 Å². The number of benzene rings is 4. The molecule has 0 saturated heterocycles. The molecule has 4 aromatic rings. The van der Waals surface area contributed by atoms with Crippen LogP contribution in [-0.2, 0) is 36.0 Å². The number of rotatable bonds is 13. The van der Waals surface area contributed by atoms with Gasteiger partial charge in [0, 0.05) is 23.8 Å². The topological polar surface area (TPSA) is 143 Å². The Bertz CT molecular complexity index is 1910. The maximum absolute atomic E-state index is 13.8. The molecule has 292 valence electrons. The third-order valence-electron chi connectivity index (χ3n) is 10.0. The molecule has 10 nitrogen and oxygen atoms in total. The van der Waals surface area contributed by atoms with E-state index in [0.717, 1.165) is 33.4 Å². The van der Waals surface area contributed by atoms with Crippen LogP contribution in [0.25, 0.3) is 11.1 Å². The average Bonchev–Trinajstić information content (AvgIpc) is 3.54. The Kier molecular flexibility index (Phi) is 14.7. The fourth-order valence-corrected chi connectivity index (χ4v) is 8.16. The normalized spacial score (nSPS) is 19.1. The van der Waals surface area contributed by atoms with E-state index in [1.807, 2.05) is 109 Å². The van der Waals surface area contributed by atoms with Crippen LogP contribution >= 0.6 is 11.8 Å². The average molecular weight is 776 g/mol. The van der Waals surface area contributed by atoms with E-state index in [-0.39, 0.29) is 56.8 Å². The molecule has 3 amide bonds. The summed E-state index contributed by atoms with van der Waals surface area (Å²) in [6, 6.07) is 33.6. The van der Waals surface area contributed by atoms with Crippen molar-refractivity contribution in [1.29, 1.82) is 0 Å². The number of aliphatic hydroxyl groups excluding tert-OH is 1. The first kappa shape index (κ1) is 40.3. The van der Waals surface area contributed by atoms with Crippen LogP contribution in [0.3, 0.4) is 0 Å². The van der Waals surface area contributed by atoms with Crippen molar-refractivity contribution in [3.05, 3.63) is 144 Å². The fraction of sp³-hybridized carbons (Fsp3) is 0.333. The van der Waals surface area contributed by atoms with Crippen molar-refractivity contribution in [2.45, 2.75) is 61.9 Å². The number of ether oxygens (including phenoxy) is 2. The van der Waals surface area contributed by atoms with Crippen LogP contribution in [0.5, 0.6) is 0 Å². The zero-order valence-electron chi connectivity index (χ0n) is 31.3. The van der Waals surface area contributed by atoms with Crippen molar-refractivity contribution in [1.82, 2.24) is 16.0 Å². The summed E-state index contributed by atoms with van der Waals surface area (Å²) in [6.07, 6.45) is 4.26. The molecule has 4 atom stereocenters. The first-order valence-corrected chi connectivity index (χ1v) is 20.3. The minimum absolute atomic E-state index is 0.0862. The van der Waals surface area contributed by atoms with Gasteiger partial charge >= 0.3 is 12.1 Å². The molecular weight excluding hydrogens is 727 g/mol. The number of carbonyl (C=O) groups is 4. The second-order valence-corrected chi connectivity index (χ2v) is 15.2. The fourth-order valence-electron chi connectivity index (χ4n) is 7.15. The SMILES string of the molecule is O=C(C[C@H]1CC=CCC[C@H](NC(=O)OCC2c3ccccc3-c3ccccc32)C(=O)OC[C@H](CSCc2ccccc2)NC1=O)N[C@H](CO)Cc1ccccc1. The van der Waals surface area contributed by atoms with E-state index in [2.05, 4.69) is 28.1 Å².